The predicted molar refractivity (Wildman–Crippen MR) is 348 cm³/mol. The van der Waals surface area contributed by atoms with Crippen LogP contribution in [0, 0.1) is 0 Å². The summed E-state index contributed by atoms with van der Waals surface area (Å²) >= 11 is 0. The van der Waals surface area contributed by atoms with Gasteiger partial charge in [-0.1, -0.05) is 325 Å². The molecule has 0 radical (unpaired) electrons. The van der Waals surface area contributed by atoms with E-state index in [1.165, 1.54) is 218 Å². The van der Waals surface area contributed by atoms with E-state index in [9.17, 15) is 14.4 Å². The zero-order valence-corrected chi connectivity index (χ0v) is 53.3. The van der Waals surface area contributed by atoms with Gasteiger partial charge in [-0.2, -0.15) is 0 Å². The van der Waals surface area contributed by atoms with Crippen LogP contribution in [0.5, 0.6) is 0 Å². The van der Waals surface area contributed by atoms with Crippen molar-refractivity contribution in [2.75, 3.05) is 13.2 Å². The Morgan fingerprint density at radius 3 is 0.800 bits per heavy atom. The summed E-state index contributed by atoms with van der Waals surface area (Å²) in [5.74, 6) is -0.913. The van der Waals surface area contributed by atoms with E-state index < -0.39 is 6.10 Å². The molecule has 6 heteroatoms. The third kappa shape index (κ3) is 65.7. The predicted octanol–water partition coefficient (Wildman–Crippen LogP) is 24.1. The van der Waals surface area contributed by atoms with Crippen LogP contribution in [0.25, 0.3) is 0 Å². The van der Waals surface area contributed by atoms with Crippen molar-refractivity contribution in [3.05, 3.63) is 72.9 Å². The molecule has 80 heavy (non-hydrogen) atoms. The number of carbonyl (C=O) groups is 3. The van der Waals surface area contributed by atoms with Crippen molar-refractivity contribution in [2.45, 2.75) is 367 Å². The molecule has 0 rings (SSSR count). The first-order valence-corrected chi connectivity index (χ1v) is 34.9. The van der Waals surface area contributed by atoms with Gasteiger partial charge in [-0.15, -0.1) is 0 Å². The first-order chi connectivity index (χ1) is 39.5. The molecule has 0 aliphatic carbocycles. The maximum atomic E-state index is 12.9. The Bertz CT molecular complexity index is 1470. The number of unbranched alkanes of at least 4 members (excludes halogenated alkanes) is 41. The van der Waals surface area contributed by atoms with Gasteiger partial charge in [-0.05, 0) is 89.9 Å². The molecule has 0 saturated carbocycles. The second-order valence-corrected chi connectivity index (χ2v) is 23.4. The van der Waals surface area contributed by atoms with Gasteiger partial charge >= 0.3 is 17.9 Å². The Kier molecular flexibility index (Phi) is 65.7. The molecule has 0 heterocycles. The van der Waals surface area contributed by atoms with Gasteiger partial charge in [0.05, 0.1) is 0 Å². The van der Waals surface area contributed by atoms with Gasteiger partial charge in [0.2, 0.25) is 0 Å². The number of allylic oxidation sites excluding steroid dienone is 12. The van der Waals surface area contributed by atoms with E-state index in [2.05, 4.69) is 93.7 Å². The van der Waals surface area contributed by atoms with Crippen LogP contribution >= 0.6 is 0 Å². The zero-order valence-electron chi connectivity index (χ0n) is 53.3. The summed E-state index contributed by atoms with van der Waals surface area (Å²) in [6.07, 6.45) is 89.5. The fourth-order valence-corrected chi connectivity index (χ4v) is 10.2. The second-order valence-electron chi connectivity index (χ2n) is 23.4. The highest BCUT2D eigenvalue weighted by molar-refractivity contribution is 5.71. The molecule has 1 unspecified atom stereocenters. The van der Waals surface area contributed by atoms with E-state index in [4.69, 9.17) is 14.2 Å². The van der Waals surface area contributed by atoms with Crippen molar-refractivity contribution in [2.24, 2.45) is 0 Å². The number of hydrogen-bond donors (Lipinski definition) is 0. The number of hydrogen-bond acceptors (Lipinski definition) is 6. The monoisotopic (exact) mass is 1120 g/mol. The first kappa shape index (κ1) is 76.9. The molecule has 1 atom stereocenters. The standard InChI is InChI=1S/C74H132O6/c1-4-7-10-13-16-19-22-25-27-29-31-32-33-34-35-36-37-38-39-40-41-43-44-46-49-52-55-58-61-64-67-73(76)79-70-71(69-78-72(75)66-63-60-57-54-51-48-24-21-18-15-12-9-6-3)80-74(77)68-65-62-59-56-53-50-47-45-42-30-28-26-23-20-17-14-11-8-5-2/h8,11,17,20-21,24,26,28,42,45,50,53,71H,4-7,9-10,12-16,18-19,22-23,25,27,29-41,43-44,46-49,51-52,54-70H2,1-3H3/b11-8-,20-17-,24-21-,28-26-,45-42-,53-50-. The van der Waals surface area contributed by atoms with Crippen molar-refractivity contribution in [1.82, 2.24) is 0 Å². The van der Waals surface area contributed by atoms with Crippen LogP contribution in [0.2, 0.25) is 0 Å². The summed E-state index contributed by atoms with van der Waals surface area (Å²) in [6.45, 7) is 6.53. The lowest BCUT2D eigenvalue weighted by Crippen LogP contribution is -2.30. The molecular formula is C74H132O6. The smallest absolute Gasteiger partial charge is 0.306 e. The highest BCUT2D eigenvalue weighted by atomic mass is 16.6. The SMILES string of the molecule is CC/C=C\C/C=C\C/C=C\C/C=C\C/C=C\CCCCCC(=O)OC(COC(=O)CCCCCCC/C=C\CCCCCC)COC(=O)CCCCCCCCCCCCCCCCCCCCCCCCCCCCCCCC. The highest BCUT2D eigenvalue weighted by Crippen LogP contribution is 2.18. The summed E-state index contributed by atoms with van der Waals surface area (Å²) in [7, 11) is 0. The van der Waals surface area contributed by atoms with Gasteiger partial charge in [-0.3, -0.25) is 14.4 Å². The molecule has 0 aromatic heterocycles. The van der Waals surface area contributed by atoms with Crippen molar-refractivity contribution in [3.8, 4) is 0 Å². The van der Waals surface area contributed by atoms with Gasteiger partial charge in [0.1, 0.15) is 13.2 Å². The minimum absolute atomic E-state index is 0.0886. The molecule has 464 valence electrons. The van der Waals surface area contributed by atoms with Crippen molar-refractivity contribution >= 4 is 17.9 Å². The van der Waals surface area contributed by atoms with Gasteiger partial charge in [0.25, 0.3) is 0 Å². The molecule has 0 fully saturated rings. The fraction of sp³-hybridized carbons (Fsp3) is 0.797. The molecule has 6 nitrogen and oxygen atoms in total. The molecular weight excluding hydrogens is 985 g/mol. The number of ether oxygens (including phenoxy) is 3. The van der Waals surface area contributed by atoms with Crippen LogP contribution in [-0.4, -0.2) is 37.2 Å². The van der Waals surface area contributed by atoms with Gasteiger partial charge in [-0.25, -0.2) is 0 Å². The van der Waals surface area contributed by atoms with Crippen LogP contribution in [0.3, 0.4) is 0 Å². The van der Waals surface area contributed by atoms with Gasteiger partial charge in [0, 0.05) is 19.3 Å². The average Bonchev–Trinajstić information content (AvgIpc) is 3.46. The van der Waals surface area contributed by atoms with E-state index in [-0.39, 0.29) is 31.1 Å². The van der Waals surface area contributed by atoms with E-state index in [0.29, 0.717) is 19.3 Å². The Balaban J connectivity index is 4.22. The topological polar surface area (TPSA) is 78.9 Å². The molecule has 0 N–H and O–H groups in total. The molecule has 0 bridgehead atoms. The summed E-state index contributed by atoms with van der Waals surface area (Å²) in [6, 6.07) is 0. The number of carbonyl (C=O) groups excluding carboxylic acids is 3. The third-order valence-electron chi connectivity index (χ3n) is 15.4. The first-order valence-electron chi connectivity index (χ1n) is 34.9. The molecule has 0 aromatic carbocycles. The number of esters is 3. The lowest BCUT2D eigenvalue weighted by atomic mass is 10.0. The fourth-order valence-electron chi connectivity index (χ4n) is 10.2. The van der Waals surface area contributed by atoms with Gasteiger partial charge < -0.3 is 14.2 Å². The van der Waals surface area contributed by atoms with E-state index in [0.717, 1.165) is 103 Å². The maximum absolute atomic E-state index is 12.9. The van der Waals surface area contributed by atoms with Crippen LogP contribution in [-0.2, 0) is 28.6 Å². The Morgan fingerprint density at radius 1 is 0.263 bits per heavy atom. The Hall–Kier alpha value is -3.15. The largest absolute Gasteiger partial charge is 0.462 e. The molecule has 0 aliphatic heterocycles. The summed E-state index contributed by atoms with van der Waals surface area (Å²) in [5.41, 5.74) is 0. The van der Waals surface area contributed by atoms with E-state index in [1.54, 1.807) is 0 Å². The lowest BCUT2D eigenvalue weighted by molar-refractivity contribution is -0.167. The molecule has 0 saturated heterocycles. The van der Waals surface area contributed by atoms with E-state index in [1.807, 2.05) is 0 Å². The lowest BCUT2D eigenvalue weighted by Gasteiger charge is -2.18. The average molecular weight is 1120 g/mol. The Labute approximate surface area is 497 Å². The van der Waals surface area contributed by atoms with E-state index >= 15 is 0 Å². The second kappa shape index (κ2) is 68.3. The minimum Gasteiger partial charge on any atom is -0.462 e. The summed E-state index contributed by atoms with van der Waals surface area (Å²) in [4.78, 5) is 38.3. The Morgan fingerprint density at radius 2 is 0.487 bits per heavy atom. The molecule has 0 aromatic rings. The number of rotatable bonds is 64. The van der Waals surface area contributed by atoms with Gasteiger partial charge in [0.15, 0.2) is 6.10 Å². The van der Waals surface area contributed by atoms with Crippen LogP contribution in [0.1, 0.15) is 361 Å². The van der Waals surface area contributed by atoms with Crippen molar-refractivity contribution < 1.29 is 28.6 Å². The quantitative estimate of drug-likeness (QED) is 0.0261. The molecule has 0 aliphatic rings. The highest BCUT2D eigenvalue weighted by Gasteiger charge is 2.19. The minimum atomic E-state index is -0.796. The summed E-state index contributed by atoms with van der Waals surface area (Å²) in [5, 5.41) is 0. The molecule has 0 amide bonds. The normalized spacial score (nSPS) is 12.5. The third-order valence-corrected chi connectivity index (χ3v) is 15.4. The zero-order chi connectivity index (χ0) is 57.8. The van der Waals surface area contributed by atoms with Crippen molar-refractivity contribution in [1.29, 1.82) is 0 Å². The molecule has 0 spiro atoms. The van der Waals surface area contributed by atoms with Crippen LogP contribution in [0.4, 0.5) is 0 Å². The van der Waals surface area contributed by atoms with Crippen molar-refractivity contribution in [3.63, 3.8) is 0 Å². The summed E-state index contributed by atoms with van der Waals surface area (Å²) < 4.78 is 16.9. The maximum Gasteiger partial charge on any atom is 0.306 e. The van der Waals surface area contributed by atoms with Crippen LogP contribution in [0.15, 0.2) is 72.9 Å². The van der Waals surface area contributed by atoms with Crippen LogP contribution < -0.4 is 0 Å².